The van der Waals surface area contributed by atoms with Crippen LogP contribution in [0.1, 0.15) is 48.1 Å². The molecular weight excluding hydrogens is 250 g/mol. The van der Waals surface area contributed by atoms with Crippen molar-refractivity contribution in [3.63, 3.8) is 0 Å². The molecule has 1 heterocycles. The van der Waals surface area contributed by atoms with E-state index in [9.17, 15) is 9.59 Å². The first-order valence-electron chi connectivity index (χ1n) is 7.16. The normalized spacial score (nSPS) is 29.4. The standard InChI is InChI=1S/C17H19NO2/c1-10-5-3-8-14-15(10)18-16(17(14)20)13-7-4-6-12(9-13)11(2)19/h4,6-7,9,14-16,18H,1,3,5,8H2,2H3. The average Bonchev–Trinajstić information content (AvgIpc) is 2.78. The highest BCUT2D eigenvalue weighted by Gasteiger charge is 2.44. The molecule has 0 bridgehead atoms. The maximum atomic E-state index is 12.6. The lowest BCUT2D eigenvalue weighted by molar-refractivity contribution is -0.122. The molecule has 0 spiro atoms. The summed E-state index contributed by atoms with van der Waals surface area (Å²) in [5.41, 5.74) is 2.69. The quantitative estimate of drug-likeness (QED) is 0.663. The van der Waals surface area contributed by atoms with Crippen molar-refractivity contribution in [2.24, 2.45) is 5.92 Å². The fourth-order valence-electron chi connectivity index (χ4n) is 3.37. The molecule has 104 valence electrons. The summed E-state index contributed by atoms with van der Waals surface area (Å²) in [5, 5.41) is 3.41. The Bertz CT molecular complexity index is 590. The van der Waals surface area contributed by atoms with Crippen molar-refractivity contribution in [3.8, 4) is 0 Å². The van der Waals surface area contributed by atoms with Crippen molar-refractivity contribution >= 4 is 11.6 Å². The topological polar surface area (TPSA) is 46.2 Å². The van der Waals surface area contributed by atoms with E-state index in [1.165, 1.54) is 0 Å². The molecule has 0 amide bonds. The van der Waals surface area contributed by atoms with E-state index in [0.29, 0.717) is 5.56 Å². The monoisotopic (exact) mass is 269 g/mol. The fraction of sp³-hybridized carbons (Fsp3) is 0.412. The molecule has 3 nitrogen and oxygen atoms in total. The van der Waals surface area contributed by atoms with Crippen LogP contribution in [0, 0.1) is 5.92 Å². The summed E-state index contributed by atoms with van der Waals surface area (Å²) in [7, 11) is 0. The largest absolute Gasteiger partial charge is 0.297 e. The number of fused-ring (bicyclic) bond motifs is 1. The van der Waals surface area contributed by atoms with Crippen molar-refractivity contribution in [2.45, 2.75) is 38.3 Å². The van der Waals surface area contributed by atoms with Crippen LogP contribution in [-0.2, 0) is 4.79 Å². The first kappa shape index (κ1) is 13.3. The molecule has 1 aromatic rings. The van der Waals surface area contributed by atoms with Crippen LogP contribution in [0.15, 0.2) is 36.4 Å². The van der Waals surface area contributed by atoms with Gasteiger partial charge in [0.25, 0.3) is 0 Å². The molecule has 0 aromatic heterocycles. The molecular formula is C17H19NO2. The Hall–Kier alpha value is -1.74. The molecule has 1 saturated heterocycles. The fourth-order valence-corrected chi connectivity index (χ4v) is 3.37. The van der Waals surface area contributed by atoms with Crippen molar-refractivity contribution in [2.75, 3.05) is 0 Å². The van der Waals surface area contributed by atoms with Crippen LogP contribution in [0.4, 0.5) is 0 Å². The summed E-state index contributed by atoms with van der Waals surface area (Å²) in [5.74, 6) is 0.331. The van der Waals surface area contributed by atoms with Crippen LogP contribution in [0.25, 0.3) is 0 Å². The Kier molecular flexibility index (Phi) is 3.30. The predicted octanol–water partition coefficient (Wildman–Crippen LogP) is 2.83. The predicted molar refractivity (Wildman–Crippen MR) is 77.6 cm³/mol. The van der Waals surface area contributed by atoms with Gasteiger partial charge in [-0.05, 0) is 37.8 Å². The Morgan fingerprint density at radius 1 is 1.40 bits per heavy atom. The minimum Gasteiger partial charge on any atom is -0.297 e. The van der Waals surface area contributed by atoms with Crippen molar-refractivity contribution in [1.29, 1.82) is 0 Å². The Balaban J connectivity index is 1.91. The Labute approximate surface area is 119 Å². The molecule has 1 N–H and O–H groups in total. The molecule has 3 unspecified atom stereocenters. The lowest BCUT2D eigenvalue weighted by atomic mass is 9.81. The number of benzene rings is 1. The lowest BCUT2D eigenvalue weighted by Gasteiger charge is -2.25. The van der Waals surface area contributed by atoms with E-state index in [1.54, 1.807) is 13.0 Å². The van der Waals surface area contributed by atoms with Crippen molar-refractivity contribution < 1.29 is 9.59 Å². The zero-order chi connectivity index (χ0) is 14.3. The van der Waals surface area contributed by atoms with Gasteiger partial charge >= 0.3 is 0 Å². The number of ketones is 2. The van der Waals surface area contributed by atoms with E-state index in [0.717, 1.165) is 30.4 Å². The van der Waals surface area contributed by atoms with Gasteiger partial charge in [-0.25, -0.2) is 0 Å². The molecule has 2 aliphatic rings. The van der Waals surface area contributed by atoms with E-state index >= 15 is 0 Å². The molecule has 0 radical (unpaired) electrons. The first-order chi connectivity index (χ1) is 9.58. The van der Waals surface area contributed by atoms with Gasteiger partial charge in [0, 0.05) is 17.5 Å². The van der Waals surface area contributed by atoms with E-state index in [1.807, 2.05) is 18.2 Å². The van der Waals surface area contributed by atoms with E-state index in [-0.39, 0.29) is 29.6 Å². The number of carbonyl (C=O) groups excluding carboxylic acids is 2. The van der Waals surface area contributed by atoms with Crippen LogP contribution in [0.2, 0.25) is 0 Å². The third-order valence-corrected chi connectivity index (χ3v) is 4.48. The molecule has 2 fully saturated rings. The van der Waals surface area contributed by atoms with E-state index in [4.69, 9.17) is 0 Å². The minimum absolute atomic E-state index is 0.0270. The minimum atomic E-state index is -0.292. The number of Topliss-reactive ketones (excluding diaryl/α,β-unsaturated/α-hetero) is 2. The third kappa shape index (κ3) is 2.12. The lowest BCUT2D eigenvalue weighted by Crippen LogP contribution is -2.32. The van der Waals surface area contributed by atoms with E-state index in [2.05, 4.69) is 11.9 Å². The molecule has 3 heteroatoms. The van der Waals surface area contributed by atoms with Crippen LogP contribution in [-0.4, -0.2) is 17.6 Å². The van der Waals surface area contributed by atoms with Gasteiger partial charge < -0.3 is 0 Å². The first-order valence-corrected chi connectivity index (χ1v) is 7.16. The smallest absolute Gasteiger partial charge is 0.159 e. The number of hydrogen-bond acceptors (Lipinski definition) is 3. The van der Waals surface area contributed by atoms with Crippen molar-refractivity contribution in [3.05, 3.63) is 47.5 Å². The Morgan fingerprint density at radius 2 is 2.20 bits per heavy atom. The van der Waals surface area contributed by atoms with Gasteiger partial charge in [-0.3, -0.25) is 14.9 Å². The number of rotatable bonds is 2. The SMILES string of the molecule is C=C1CCCC2C(=O)C(c3cccc(C(C)=O)c3)NC12. The molecule has 1 aromatic carbocycles. The summed E-state index contributed by atoms with van der Waals surface area (Å²) < 4.78 is 0. The second kappa shape index (κ2) is 4.98. The molecule has 1 aliphatic heterocycles. The van der Waals surface area contributed by atoms with Crippen LogP contribution >= 0.6 is 0 Å². The molecule has 3 atom stereocenters. The Morgan fingerprint density at radius 3 is 2.90 bits per heavy atom. The second-order valence-corrected chi connectivity index (χ2v) is 5.82. The van der Waals surface area contributed by atoms with Gasteiger partial charge in [0.1, 0.15) is 0 Å². The van der Waals surface area contributed by atoms with Gasteiger partial charge in [0.2, 0.25) is 0 Å². The summed E-state index contributed by atoms with van der Waals surface area (Å²) in [4.78, 5) is 24.1. The third-order valence-electron chi connectivity index (χ3n) is 4.48. The maximum Gasteiger partial charge on any atom is 0.159 e. The highest BCUT2D eigenvalue weighted by Crippen LogP contribution is 2.38. The molecule has 20 heavy (non-hydrogen) atoms. The molecule has 3 rings (SSSR count). The summed E-state index contributed by atoms with van der Waals surface area (Å²) >= 11 is 0. The average molecular weight is 269 g/mol. The molecule has 1 aliphatic carbocycles. The van der Waals surface area contributed by atoms with Gasteiger partial charge in [0.15, 0.2) is 11.6 Å². The van der Waals surface area contributed by atoms with E-state index < -0.39 is 0 Å². The number of carbonyl (C=O) groups is 2. The van der Waals surface area contributed by atoms with Crippen molar-refractivity contribution in [1.82, 2.24) is 5.32 Å². The van der Waals surface area contributed by atoms with Gasteiger partial charge in [0.05, 0.1) is 6.04 Å². The number of hydrogen-bond donors (Lipinski definition) is 1. The summed E-state index contributed by atoms with van der Waals surface area (Å²) in [6, 6.07) is 7.20. The second-order valence-electron chi connectivity index (χ2n) is 5.82. The maximum absolute atomic E-state index is 12.6. The van der Waals surface area contributed by atoms with Crippen LogP contribution < -0.4 is 5.32 Å². The highest BCUT2D eigenvalue weighted by molar-refractivity contribution is 5.95. The summed E-state index contributed by atoms with van der Waals surface area (Å²) in [6.07, 6.45) is 2.99. The zero-order valence-corrected chi connectivity index (χ0v) is 11.7. The van der Waals surface area contributed by atoms with Gasteiger partial charge in [-0.15, -0.1) is 0 Å². The number of nitrogens with one attached hydrogen (secondary N) is 1. The molecule has 1 saturated carbocycles. The summed E-state index contributed by atoms with van der Waals surface area (Å²) in [6.45, 7) is 5.64. The highest BCUT2D eigenvalue weighted by atomic mass is 16.1. The van der Waals surface area contributed by atoms with Gasteiger partial charge in [-0.1, -0.05) is 30.4 Å². The van der Waals surface area contributed by atoms with Crippen LogP contribution in [0.3, 0.4) is 0 Å². The van der Waals surface area contributed by atoms with Crippen LogP contribution in [0.5, 0.6) is 0 Å². The van der Waals surface area contributed by atoms with Gasteiger partial charge in [-0.2, -0.15) is 0 Å². The zero-order valence-electron chi connectivity index (χ0n) is 11.7.